The zero-order valence-electron chi connectivity index (χ0n) is 19.8. The number of carboxylic acid groups (broad SMARTS) is 1. The number of benzene rings is 1. The molecule has 0 saturated carbocycles. The summed E-state index contributed by atoms with van der Waals surface area (Å²) < 4.78 is 1.92. The number of pyridine rings is 2. The number of aryl methyl sites for hydroxylation is 1. The molecule has 1 aliphatic carbocycles. The van der Waals surface area contributed by atoms with Crippen LogP contribution >= 0.6 is 0 Å². The first-order chi connectivity index (χ1) is 16.7. The molecule has 3 heterocycles. The zero-order chi connectivity index (χ0) is 23.5. The van der Waals surface area contributed by atoms with Crippen LogP contribution in [0.2, 0.25) is 0 Å². The van der Waals surface area contributed by atoms with E-state index in [1.807, 2.05) is 47.3 Å². The van der Waals surface area contributed by atoms with Gasteiger partial charge in [0, 0.05) is 35.2 Å². The van der Waals surface area contributed by atoms with E-state index in [1.165, 1.54) is 24.1 Å². The van der Waals surface area contributed by atoms with Gasteiger partial charge in [0.15, 0.2) is 0 Å². The molecule has 6 nitrogen and oxygen atoms in total. The van der Waals surface area contributed by atoms with E-state index in [0.717, 1.165) is 59.7 Å². The number of rotatable bonds is 9. The summed E-state index contributed by atoms with van der Waals surface area (Å²) in [6.45, 7) is 3.81. The van der Waals surface area contributed by atoms with Crippen LogP contribution in [0.15, 0.2) is 54.9 Å². The van der Waals surface area contributed by atoms with Crippen LogP contribution in [0, 0.1) is 0 Å². The fraction of sp³-hybridized carbons (Fsp3) is 0.393. The van der Waals surface area contributed by atoms with Crippen LogP contribution < -0.4 is 0 Å². The Labute approximate surface area is 200 Å². The quantitative estimate of drug-likeness (QED) is 0.325. The second kappa shape index (κ2) is 9.94. The highest BCUT2D eigenvalue weighted by Crippen LogP contribution is 2.36. The summed E-state index contributed by atoms with van der Waals surface area (Å²) in [5, 5.41) is 11.8. The molecule has 1 atom stereocenters. The van der Waals surface area contributed by atoms with E-state index >= 15 is 0 Å². The third-order valence-electron chi connectivity index (χ3n) is 7.06. The van der Waals surface area contributed by atoms with Crippen molar-refractivity contribution in [1.29, 1.82) is 0 Å². The van der Waals surface area contributed by atoms with Crippen LogP contribution in [0.4, 0.5) is 0 Å². The van der Waals surface area contributed by atoms with Crippen LogP contribution in [-0.2, 0) is 24.3 Å². The number of carbonyl (C=O) groups is 1. The molecule has 1 aromatic carbocycles. The number of para-hydroxylation sites is 1. The first-order valence-electron chi connectivity index (χ1n) is 12.4. The summed E-state index contributed by atoms with van der Waals surface area (Å²) in [6.07, 6.45) is 10.6. The monoisotopic (exact) mass is 456 g/mol. The molecule has 1 aliphatic rings. The Hall–Kier alpha value is -3.25. The van der Waals surface area contributed by atoms with Gasteiger partial charge >= 0.3 is 5.97 Å². The molecule has 1 unspecified atom stereocenters. The third kappa shape index (κ3) is 4.30. The molecule has 0 spiro atoms. The Morgan fingerprint density at radius 2 is 1.97 bits per heavy atom. The largest absolute Gasteiger partial charge is 0.480 e. The van der Waals surface area contributed by atoms with E-state index in [1.54, 1.807) is 0 Å². The van der Waals surface area contributed by atoms with Crippen molar-refractivity contribution in [3.8, 4) is 0 Å². The topological polar surface area (TPSA) is 71.2 Å². The Balaban J connectivity index is 1.60. The van der Waals surface area contributed by atoms with Gasteiger partial charge in [0.2, 0.25) is 0 Å². The summed E-state index contributed by atoms with van der Waals surface area (Å²) in [5.74, 6) is -0.845. The van der Waals surface area contributed by atoms with E-state index in [2.05, 4.69) is 24.0 Å². The highest BCUT2D eigenvalue weighted by atomic mass is 16.4. The van der Waals surface area contributed by atoms with E-state index in [-0.39, 0.29) is 12.6 Å². The minimum absolute atomic E-state index is 0.0770. The number of aliphatic carboxylic acids is 1. The molecular formula is C28H32N4O2. The zero-order valence-corrected chi connectivity index (χ0v) is 19.8. The van der Waals surface area contributed by atoms with Gasteiger partial charge < -0.3 is 9.67 Å². The van der Waals surface area contributed by atoms with Gasteiger partial charge in [-0.15, -0.1) is 0 Å². The van der Waals surface area contributed by atoms with E-state index in [9.17, 15) is 9.90 Å². The second-order valence-corrected chi connectivity index (χ2v) is 9.28. The Kier molecular flexibility index (Phi) is 6.59. The molecule has 3 aromatic heterocycles. The summed E-state index contributed by atoms with van der Waals surface area (Å²) in [5.41, 5.74) is 5.36. The van der Waals surface area contributed by atoms with Crippen LogP contribution in [-0.4, -0.2) is 37.1 Å². The van der Waals surface area contributed by atoms with Crippen LogP contribution in [0.25, 0.3) is 21.8 Å². The van der Waals surface area contributed by atoms with Crippen molar-refractivity contribution in [2.75, 3.05) is 6.54 Å². The average molecular weight is 457 g/mol. The van der Waals surface area contributed by atoms with Crippen LogP contribution in [0.1, 0.15) is 62.0 Å². The normalized spacial score (nSPS) is 15.8. The summed E-state index contributed by atoms with van der Waals surface area (Å²) in [4.78, 5) is 23.9. The first-order valence-corrected chi connectivity index (χ1v) is 12.4. The smallest absolute Gasteiger partial charge is 0.323 e. The molecule has 34 heavy (non-hydrogen) atoms. The number of hydrogen-bond acceptors (Lipinski definition) is 4. The summed E-state index contributed by atoms with van der Waals surface area (Å²) in [7, 11) is 0. The van der Waals surface area contributed by atoms with E-state index < -0.39 is 5.97 Å². The molecule has 0 aliphatic heterocycles. The fourth-order valence-electron chi connectivity index (χ4n) is 5.53. The highest BCUT2D eigenvalue weighted by Gasteiger charge is 2.28. The second-order valence-electron chi connectivity index (χ2n) is 9.28. The van der Waals surface area contributed by atoms with Crippen molar-refractivity contribution in [3.05, 3.63) is 71.8 Å². The lowest BCUT2D eigenvalue weighted by Gasteiger charge is -2.35. The first kappa shape index (κ1) is 22.5. The maximum Gasteiger partial charge on any atom is 0.323 e. The van der Waals surface area contributed by atoms with Gasteiger partial charge in [-0.3, -0.25) is 19.7 Å². The van der Waals surface area contributed by atoms with Crippen molar-refractivity contribution in [3.63, 3.8) is 0 Å². The molecule has 0 saturated heterocycles. The number of nitrogens with zero attached hydrogens (tertiary/aromatic N) is 4. The molecule has 6 heteroatoms. The van der Waals surface area contributed by atoms with Crippen LogP contribution in [0.3, 0.4) is 0 Å². The molecule has 5 rings (SSSR count). The van der Waals surface area contributed by atoms with E-state index in [4.69, 9.17) is 9.97 Å². The summed E-state index contributed by atoms with van der Waals surface area (Å²) in [6, 6.07) is 14.6. The van der Waals surface area contributed by atoms with Crippen molar-refractivity contribution in [2.45, 2.75) is 64.6 Å². The number of aromatic nitrogens is 3. The number of unbranched alkanes of at least 4 members (excludes halogenated alkanes) is 2. The van der Waals surface area contributed by atoms with Crippen molar-refractivity contribution < 1.29 is 9.90 Å². The molecule has 0 radical (unpaired) electrons. The van der Waals surface area contributed by atoms with Gasteiger partial charge in [-0.05, 0) is 56.0 Å². The van der Waals surface area contributed by atoms with Crippen LogP contribution in [0.5, 0.6) is 0 Å². The number of hydrogen-bond donors (Lipinski definition) is 1. The fourth-order valence-corrected chi connectivity index (χ4v) is 5.53. The minimum atomic E-state index is -0.845. The van der Waals surface area contributed by atoms with Gasteiger partial charge in [-0.1, -0.05) is 44.0 Å². The number of carboxylic acids is 1. The van der Waals surface area contributed by atoms with Gasteiger partial charge in [-0.25, -0.2) is 0 Å². The van der Waals surface area contributed by atoms with Gasteiger partial charge in [-0.2, -0.15) is 0 Å². The Morgan fingerprint density at radius 1 is 1.09 bits per heavy atom. The predicted molar refractivity (Wildman–Crippen MR) is 135 cm³/mol. The number of fused-ring (bicyclic) bond motifs is 4. The average Bonchev–Trinajstić information content (AvgIpc) is 3.17. The lowest BCUT2D eigenvalue weighted by atomic mass is 9.90. The Morgan fingerprint density at radius 3 is 2.82 bits per heavy atom. The lowest BCUT2D eigenvalue weighted by molar-refractivity contribution is -0.137. The molecule has 0 fully saturated rings. The molecular weight excluding hydrogens is 424 g/mol. The molecule has 4 aromatic rings. The molecule has 1 N–H and O–H groups in total. The van der Waals surface area contributed by atoms with Gasteiger partial charge in [0.25, 0.3) is 0 Å². The molecule has 0 bridgehead atoms. The van der Waals surface area contributed by atoms with Crippen molar-refractivity contribution in [1.82, 2.24) is 19.4 Å². The predicted octanol–water partition coefficient (Wildman–Crippen LogP) is 5.74. The van der Waals surface area contributed by atoms with Gasteiger partial charge in [0.05, 0.1) is 22.9 Å². The van der Waals surface area contributed by atoms with Gasteiger partial charge in [0.1, 0.15) is 6.54 Å². The third-order valence-corrected chi connectivity index (χ3v) is 7.06. The Bertz CT molecular complexity index is 1310. The molecule has 0 amide bonds. The van der Waals surface area contributed by atoms with E-state index in [0.29, 0.717) is 6.54 Å². The maximum absolute atomic E-state index is 11.8. The maximum atomic E-state index is 11.8. The summed E-state index contributed by atoms with van der Waals surface area (Å²) >= 11 is 0. The lowest BCUT2D eigenvalue weighted by Crippen LogP contribution is -2.33. The van der Waals surface area contributed by atoms with Crippen molar-refractivity contribution in [2.24, 2.45) is 0 Å². The molecule has 176 valence electrons. The minimum Gasteiger partial charge on any atom is -0.480 e. The SMILES string of the molecule is CCCCCN(Cc1nccc2c3ccccc3n(CC(=O)O)c12)C1CCCc2cccnc21. The standard InChI is InChI=1S/C28H32N4O2/c1-2-3-6-17-31(25-13-7-9-20-10-8-15-30-27(20)25)18-23-28-22(14-16-29-23)21-11-4-5-12-24(21)32(28)19-26(33)34/h4-5,8,10-12,14-16,25H,2-3,6-7,9,13,17-19H2,1H3,(H,33,34). The van der Waals surface area contributed by atoms with Crippen molar-refractivity contribution >= 4 is 27.8 Å². The highest BCUT2D eigenvalue weighted by molar-refractivity contribution is 6.09.